The molecule has 3 N–H and O–H groups in total. The lowest BCUT2D eigenvalue weighted by Crippen LogP contribution is -2.30. The predicted molar refractivity (Wildman–Crippen MR) is 142 cm³/mol. The van der Waals surface area contributed by atoms with Crippen molar-refractivity contribution < 1.29 is 18.3 Å². The Hall–Kier alpha value is -3.27. The van der Waals surface area contributed by atoms with Gasteiger partial charge in [-0.2, -0.15) is 0 Å². The van der Waals surface area contributed by atoms with Gasteiger partial charge in [0, 0.05) is 12.1 Å². The Morgan fingerprint density at radius 1 is 0.972 bits per heavy atom. The van der Waals surface area contributed by atoms with Crippen LogP contribution < -0.4 is 4.72 Å². The molecule has 0 saturated heterocycles. The molecular weight excluding hydrogens is 476 g/mol. The van der Waals surface area contributed by atoms with Crippen LogP contribution in [0.2, 0.25) is 0 Å². The number of aromatic nitrogens is 1. The molecule has 8 nitrogen and oxygen atoms in total. The molecule has 190 valence electrons. The summed E-state index contributed by atoms with van der Waals surface area (Å²) in [4.78, 5) is 22.1. The summed E-state index contributed by atoms with van der Waals surface area (Å²) in [6.07, 6.45) is 0.752. The second-order valence-corrected chi connectivity index (χ2v) is 10.8. The zero-order chi connectivity index (χ0) is 25.9. The first-order chi connectivity index (χ1) is 17.2. The number of rotatable bonds is 11. The van der Waals surface area contributed by atoms with Gasteiger partial charge in [-0.25, -0.2) is 18.1 Å². The van der Waals surface area contributed by atoms with E-state index < -0.39 is 15.9 Å². The summed E-state index contributed by atoms with van der Waals surface area (Å²) in [5, 5.41) is 10.6. The Kier molecular flexibility index (Phi) is 7.73. The minimum atomic E-state index is -3.47. The molecule has 3 aromatic rings. The smallest absolute Gasteiger partial charge is 0.280 e. The normalized spacial score (nSPS) is 13.3. The summed E-state index contributed by atoms with van der Waals surface area (Å²) in [7, 11) is -3.47. The molecule has 1 aromatic heterocycles. The highest BCUT2D eigenvalue weighted by Gasteiger charge is 2.33. The van der Waals surface area contributed by atoms with Gasteiger partial charge in [-0.15, -0.1) is 0 Å². The SMILES string of the molecule is CCN(CC)CCCNS(=O)(=O)Cc1ccc(-c2[nH]c(O)c3c2C(=O)N=C3c2ccc(C)cc2)cc1. The second kappa shape index (κ2) is 10.8. The molecule has 1 amide bonds. The zero-order valence-corrected chi connectivity index (χ0v) is 21.7. The minimum Gasteiger partial charge on any atom is -0.494 e. The van der Waals surface area contributed by atoms with E-state index in [1.807, 2.05) is 31.2 Å². The highest BCUT2D eigenvalue weighted by Crippen LogP contribution is 2.38. The van der Waals surface area contributed by atoms with Crippen LogP contribution in [0, 0.1) is 6.92 Å². The molecule has 36 heavy (non-hydrogen) atoms. The number of hydrogen-bond acceptors (Lipinski definition) is 5. The van der Waals surface area contributed by atoms with Gasteiger partial charge in [-0.3, -0.25) is 4.79 Å². The highest BCUT2D eigenvalue weighted by molar-refractivity contribution is 7.88. The number of aromatic amines is 1. The Morgan fingerprint density at radius 3 is 2.25 bits per heavy atom. The molecule has 0 fully saturated rings. The van der Waals surface area contributed by atoms with Crippen molar-refractivity contribution in [1.29, 1.82) is 0 Å². The average Bonchev–Trinajstić information content (AvgIpc) is 3.38. The van der Waals surface area contributed by atoms with Gasteiger partial charge in [0.25, 0.3) is 5.91 Å². The van der Waals surface area contributed by atoms with Crippen LogP contribution in [0.5, 0.6) is 5.88 Å². The average molecular weight is 509 g/mol. The number of amides is 1. The molecule has 0 atom stereocenters. The topological polar surface area (TPSA) is 115 Å². The van der Waals surface area contributed by atoms with Gasteiger partial charge in [0.05, 0.1) is 28.3 Å². The van der Waals surface area contributed by atoms with Gasteiger partial charge in [0.2, 0.25) is 10.0 Å². The number of nitrogens with zero attached hydrogens (tertiary/aromatic N) is 2. The minimum absolute atomic E-state index is 0.120. The Bertz CT molecular complexity index is 1370. The second-order valence-electron chi connectivity index (χ2n) is 8.96. The van der Waals surface area contributed by atoms with E-state index in [9.17, 15) is 18.3 Å². The van der Waals surface area contributed by atoms with Crippen LogP contribution in [-0.4, -0.2) is 61.2 Å². The van der Waals surface area contributed by atoms with Crippen LogP contribution >= 0.6 is 0 Å². The monoisotopic (exact) mass is 508 g/mol. The molecule has 2 aromatic carbocycles. The number of aliphatic imine (C=N–C) groups is 1. The van der Waals surface area contributed by atoms with Crippen LogP contribution in [0.3, 0.4) is 0 Å². The van der Waals surface area contributed by atoms with Gasteiger partial charge >= 0.3 is 0 Å². The molecule has 0 saturated carbocycles. The number of hydrogen-bond donors (Lipinski definition) is 3. The van der Waals surface area contributed by atoms with Crippen LogP contribution in [0.25, 0.3) is 11.3 Å². The Morgan fingerprint density at radius 2 is 1.61 bits per heavy atom. The molecule has 1 aliphatic rings. The van der Waals surface area contributed by atoms with E-state index in [0.717, 1.165) is 37.2 Å². The van der Waals surface area contributed by atoms with Crippen LogP contribution in [0.15, 0.2) is 53.5 Å². The molecule has 1 aliphatic heterocycles. The fourth-order valence-corrected chi connectivity index (χ4v) is 5.58. The van der Waals surface area contributed by atoms with E-state index in [2.05, 4.69) is 33.4 Å². The van der Waals surface area contributed by atoms with Crippen molar-refractivity contribution in [2.75, 3.05) is 26.2 Å². The van der Waals surface area contributed by atoms with Crippen molar-refractivity contribution in [1.82, 2.24) is 14.6 Å². The number of nitrogens with one attached hydrogen (secondary N) is 2. The summed E-state index contributed by atoms with van der Waals surface area (Å²) in [5.74, 6) is -0.676. The van der Waals surface area contributed by atoms with Crippen molar-refractivity contribution in [2.24, 2.45) is 4.99 Å². The lowest BCUT2D eigenvalue weighted by molar-refractivity contribution is 0.101. The van der Waals surface area contributed by atoms with Crippen molar-refractivity contribution in [3.8, 4) is 17.1 Å². The van der Waals surface area contributed by atoms with Gasteiger partial charge in [-0.05, 0) is 44.1 Å². The van der Waals surface area contributed by atoms with E-state index >= 15 is 0 Å². The predicted octanol–water partition coefficient (Wildman–Crippen LogP) is 3.84. The standard InChI is InChI=1S/C27H32N4O4S/c1-4-31(5-2)16-6-15-28-36(34,35)17-19-9-13-21(14-10-19)25-23-22(26(32)30-25)24(29-27(23)33)20-11-7-18(3)8-12-20/h7-14,28,30,32H,4-6,15-17H2,1-3H3. The Labute approximate surface area is 212 Å². The lowest BCUT2D eigenvalue weighted by Gasteiger charge is -2.17. The third-order valence-corrected chi connectivity index (χ3v) is 7.79. The molecular formula is C27H32N4O4S. The fraction of sp³-hybridized carbons (Fsp3) is 0.333. The van der Waals surface area contributed by atoms with Crippen molar-refractivity contribution in [2.45, 2.75) is 32.9 Å². The molecule has 0 radical (unpaired) electrons. The molecule has 2 heterocycles. The van der Waals surface area contributed by atoms with Gasteiger partial charge in [-0.1, -0.05) is 67.9 Å². The first-order valence-corrected chi connectivity index (χ1v) is 13.8. The number of sulfonamides is 1. The van der Waals surface area contributed by atoms with E-state index in [-0.39, 0.29) is 11.6 Å². The van der Waals surface area contributed by atoms with Gasteiger partial charge in [0.15, 0.2) is 5.88 Å². The maximum atomic E-state index is 12.8. The summed E-state index contributed by atoms with van der Waals surface area (Å²) in [6.45, 7) is 9.30. The molecule has 0 unspecified atom stereocenters. The van der Waals surface area contributed by atoms with Crippen molar-refractivity contribution in [3.63, 3.8) is 0 Å². The summed E-state index contributed by atoms with van der Waals surface area (Å²) in [6, 6.07) is 14.5. The number of benzene rings is 2. The van der Waals surface area contributed by atoms with Crippen molar-refractivity contribution >= 4 is 21.6 Å². The maximum absolute atomic E-state index is 12.8. The first kappa shape index (κ1) is 25.8. The first-order valence-electron chi connectivity index (χ1n) is 12.2. The maximum Gasteiger partial charge on any atom is 0.280 e. The van der Waals surface area contributed by atoms with E-state index in [0.29, 0.717) is 40.2 Å². The summed E-state index contributed by atoms with van der Waals surface area (Å²) in [5.41, 5.74) is 4.72. The van der Waals surface area contributed by atoms with Crippen LogP contribution in [0.1, 0.15) is 52.9 Å². The van der Waals surface area contributed by atoms with Gasteiger partial charge < -0.3 is 15.0 Å². The van der Waals surface area contributed by atoms with Crippen molar-refractivity contribution in [3.05, 3.63) is 76.3 Å². The molecule has 4 rings (SSSR count). The lowest BCUT2D eigenvalue weighted by atomic mass is 9.99. The highest BCUT2D eigenvalue weighted by atomic mass is 32.2. The Balaban J connectivity index is 1.47. The summed E-state index contributed by atoms with van der Waals surface area (Å²) >= 11 is 0. The van der Waals surface area contributed by atoms with Crippen LogP contribution in [-0.2, 0) is 15.8 Å². The number of carbonyl (C=O) groups is 1. The third-order valence-electron chi connectivity index (χ3n) is 6.44. The third kappa shape index (κ3) is 5.59. The number of H-pyrrole nitrogens is 1. The van der Waals surface area contributed by atoms with Crippen LogP contribution in [0.4, 0.5) is 0 Å². The molecule has 0 spiro atoms. The zero-order valence-electron chi connectivity index (χ0n) is 20.8. The molecule has 0 aliphatic carbocycles. The molecule has 0 bridgehead atoms. The summed E-state index contributed by atoms with van der Waals surface area (Å²) < 4.78 is 27.7. The van der Waals surface area contributed by atoms with E-state index in [1.54, 1.807) is 24.3 Å². The van der Waals surface area contributed by atoms with E-state index in [4.69, 9.17) is 0 Å². The molecule has 9 heteroatoms. The number of aryl methyl sites for hydroxylation is 1. The van der Waals surface area contributed by atoms with Gasteiger partial charge in [0.1, 0.15) is 0 Å². The number of fused-ring (bicyclic) bond motifs is 1. The quantitative estimate of drug-likeness (QED) is 0.341. The number of carbonyl (C=O) groups excluding carboxylic acids is 1. The van der Waals surface area contributed by atoms with E-state index in [1.165, 1.54) is 0 Å². The number of aromatic hydroxyl groups is 1. The fourth-order valence-electron chi connectivity index (χ4n) is 4.39. The largest absolute Gasteiger partial charge is 0.494 e.